The molecule has 0 aliphatic carbocycles. The summed E-state index contributed by atoms with van der Waals surface area (Å²) in [4.78, 5) is 12.2. The topological polar surface area (TPSA) is 46.9 Å². The first-order chi connectivity index (χ1) is 9.81. The van der Waals surface area contributed by atoms with Crippen LogP contribution in [0.5, 0.6) is 0 Å². The van der Waals surface area contributed by atoms with Gasteiger partial charge in [-0.1, -0.05) is 11.6 Å². The highest BCUT2D eigenvalue weighted by Gasteiger charge is 2.18. The van der Waals surface area contributed by atoms with Gasteiger partial charge in [-0.25, -0.2) is 4.39 Å². The molecule has 0 bridgehead atoms. The van der Waals surface area contributed by atoms with Gasteiger partial charge in [0.05, 0.1) is 22.6 Å². The molecule has 0 aliphatic heterocycles. The number of carbonyl (C=O) groups excluding carboxylic acids is 1. The maximum Gasteiger partial charge on any atom is 0.258 e. The van der Waals surface area contributed by atoms with E-state index < -0.39 is 11.7 Å². The molecule has 0 spiro atoms. The average molecular weight is 310 g/mol. The Hall–Kier alpha value is -1.88. The number of hydrogen-bond acceptors (Lipinski definition) is 2. The van der Waals surface area contributed by atoms with Crippen molar-refractivity contribution in [1.29, 1.82) is 0 Å². The van der Waals surface area contributed by atoms with E-state index in [0.717, 1.165) is 5.69 Å². The lowest BCUT2D eigenvalue weighted by Gasteiger charge is -2.10. The average Bonchev–Trinajstić information content (AvgIpc) is 2.69. The first-order valence-corrected chi connectivity index (χ1v) is 7.01. The molecule has 1 heterocycles. The van der Waals surface area contributed by atoms with Crippen LogP contribution in [-0.2, 0) is 0 Å². The fourth-order valence-corrected chi connectivity index (χ4v) is 2.37. The first kappa shape index (κ1) is 15.5. The molecule has 0 aliphatic rings. The molecule has 112 valence electrons. The van der Waals surface area contributed by atoms with Crippen LogP contribution in [0.1, 0.15) is 41.6 Å². The molecule has 6 heteroatoms. The first-order valence-electron chi connectivity index (χ1n) is 6.63. The van der Waals surface area contributed by atoms with Crippen LogP contribution in [0.2, 0.25) is 5.02 Å². The summed E-state index contributed by atoms with van der Waals surface area (Å²) in [5, 5.41) is 7.41. The predicted molar refractivity (Wildman–Crippen MR) is 81.4 cm³/mol. The van der Waals surface area contributed by atoms with Crippen molar-refractivity contribution in [3.05, 3.63) is 46.0 Å². The molecule has 0 fully saturated rings. The lowest BCUT2D eigenvalue weighted by atomic mass is 10.2. The zero-order chi connectivity index (χ0) is 15.7. The molecule has 2 aromatic rings. The third-order valence-electron chi connectivity index (χ3n) is 3.23. The van der Waals surface area contributed by atoms with Crippen molar-refractivity contribution in [3.63, 3.8) is 0 Å². The van der Waals surface area contributed by atoms with Gasteiger partial charge in [-0.15, -0.1) is 0 Å². The van der Waals surface area contributed by atoms with Crippen LogP contribution in [0.3, 0.4) is 0 Å². The molecule has 0 radical (unpaired) electrons. The molecule has 0 saturated heterocycles. The van der Waals surface area contributed by atoms with Gasteiger partial charge in [0.15, 0.2) is 0 Å². The molecule has 1 aromatic heterocycles. The number of benzene rings is 1. The summed E-state index contributed by atoms with van der Waals surface area (Å²) in [6.07, 6.45) is 0. The zero-order valence-corrected chi connectivity index (χ0v) is 13.1. The fraction of sp³-hybridized carbons (Fsp3) is 0.333. The summed E-state index contributed by atoms with van der Waals surface area (Å²) in [5.41, 5.74) is 2.04. The minimum absolute atomic E-state index is 0.0846. The molecule has 4 nitrogen and oxygen atoms in total. The van der Waals surface area contributed by atoms with E-state index in [-0.39, 0.29) is 11.6 Å². The number of anilines is 1. The maximum absolute atomic E-state index is 13.7. The number of aromatic nitrogens is 2. The van der Waals surface area contributed by atoms with Crippen molar-refractivity contribution >= 4 is 23.2 Å². The Morgan fingerprint density at radius 3 is 2.62 bits per heavy atom. The minimum Gasteiger partial charge on any atom is -0.319 e. The quantitative estimate of drug-likeness (QED) is 0.927. The Bertz CT molecular complexity index is 694. The Labute approximate surface area is 127 Å². The van der Waals surface area contributed by atoms with E-state index in [0.29, 0.717) is 16.4 Å². The Kier molecular flexibility index (Phi) is 4.32. The molecule has 1 N–H and O–H groups in total. The largest absolute Gasteiger partial charge is 0.319 e. The van der Waals surface area contributed by atoms with Crippen LogP contribution in [0.15, 0.2) is 18.2 Å². The van der Waals surface area contributed by atoms with Gasteiger partial charge in [0.2, 0.25) is 0 Å². The molecule has 1 aromatic carbocycles. The van der Waals surface area contributed by atoms with Crippen LogP contribution >= 0.6 is 11.6 Å². The molecular weight excluding hydrogens is 293 g/mol. The summed E-state index contributed by atoms with van der Waals surface area (Å²) in [5.74, 6) is -1.15. The second-order valence-corrected chi connectivity index (χ2v) is 5.60. The molecule has 2 rings (SSSR count). The highest BCUT2D eigenvalue weighted by atomic mass is 35.5. The van der Waals surface area contributed by atoms with Crippen molar-refractivity contribution in [2.24, 2.45) is 0 Å². The van der Waals surface area contributed by atoms with Crippen molar-refractivity contribution in [2.45, 2.75) is 33.7 Å². The van der Waals surface area contributed by atoms with Gasteiger partial charge in [-0.3, -0.25) is 9.48 Å². The Morgan fingerprint density at radius 2 is 2.05 bits per heavy atom. The van der Waals surface area contributed by atoms with Crippen molar-refractivity contribution in [1.82, 2.24) is 9.78 Å². The maximum atomic E-state index is 13.7. The SMILES string of the molecule is Cc1nn(C(C)C)c(C)c1NC(=O)c1cc(Cl)ccc1F. The Morgan fingerprint density at radius 1 is 1.38 bits per heavy atom. The summed E-state index contributed by atoms with van der Waals surface area (Å²) in [6.45, 7) is 7.67. The number of hydrogen-bond donors (Lipinski definition) is 1. The van der Waals surface area contributed by atoms with Crippen LogP contribution in [0.4, 0.5) is 10.1 Å². The molecule has 0 atom stereocenters. The van der Waals surface area contributed by atoms with E-state index in [9.17, 15) is 9.18 Å². The van der Waals surface area contributed by atoms with Gasteiger partial charge in [0.25, 0.3) is 5.91 Å². The van der Waals surface area contributed by atoms with E-state index in [2.05, 4.69) is 10.4 Å². The van der Waals surface area contributed by atoms with Crippen LogP contribution < -0.4 is 5.32 Å². The minimum atomic E-state index is -0.608. The third-order valence-corrected chi connectivity index (χ3v) is 3.46. The van der Waals surface area contributed by atoms with E-state index in [1.54, 1.807) is 6.92 Å². The highest BCUT2D eigenvalue weighted by Crippen LogP contribution is 2.24. The Balaban J connectivity index is 2.34. The summed E-state index contributed by atoms with van der Waals surface area (Å²) in [7, 11) is 0. The van der Waals surface area contributed by atoms with Gasteiger partial charge >= 0.3 is 0 Å². The highest BCUT2D eigenvalue weighted by molar-refractivity contribution is 6.31. The normalized spacial score (nSPS) is 11.0. The second-order valence-electron chi connectivity index (χ2n) is 5.16. The lowest BCUT2D eigenvalue weighted by molar-refractivity contribution is 0.102. The summed E-state index contributed by atoms with van der Waals surface area (Å²) >= 11 is 5.81. The molecule has 21 heavy (non-hydrogen) atoms. The third kappa shape index (κ3) is 3.08. The van der Waals surface area contributed by atoms with Gasteiger partial charge < -0.3 is 5.32 Å². The van der Waals surface area contributed by atoms with E-state index in [1.807, 2.05) is 25.5 Å². The smallest absolute Gasteiger partial charge is 0.258 e. The molecule has 0 saturated carbocycles. The predicted octanol–water partition coefficient (Wildman–Crippen LogP) is 4.13. The second kappa shape index (κ2) is 5.85. The van der Waals surface area contributed by atoms with Gasteiger partial charge in [0.1, 0.15) is 5.82 Å². The van der Waals surface area contributed by atoms with E-state index in [1.165, 1.54) is 18.2 Å². The summed E-state index contributed by atoms with van der Waals surface area (Å²) < 4.78 is 15.5. The van der Waals surface area contributed by atoms with Crippen molar-refractivity contribution in [2.75, 3.05) is 5.32 Å². The fourth-order valence-electron chi connectivity index (χ4n) is 2.20. The van der Waals surface area contributed by atoms with E-state index in [4.69, 9.17) is 11.6 Å². The summed E-state index contributed by atoms with van der Waals surface area (Å²) in [6, 6.07) is 4.07. The number of amides is 1. The molecule has 0 unspecified atom stereocenters. The standard InChI is InChI=1S/C15H17ClFN3O/c1-8(2)20-10(4)14(9(3)19-20)18-15(21)12-7-11(16)5-6-13(12)17/h5-8H,1-4H3,(H,18,21). The lowest BCUT2D eigenvalue weighted by Crippen LogP contribution is -2.15. The number of nitrogens with zero attached hydrogens (tertiary/aromatic N) is 2. The number of aryl methyl sites for hydroxylation is 1. The van der Waals surface area contributed by atoms with Gasteiger partial charge in [0, 0.05) is 11.1 Å². The number of nitrogens with one attached hydrogen (secondary N) is 1. The van der Waals surface area contributed by atoms with Crippen LogP contribution in [0, 0.1) is 19.7 Å². The van der Waals surface area contributed by atoms with Gasteiger partial charge in [-0.2, -0.15) is 5.10 Å². The number of rotatable bonds is 3. The van der Waals surface area contributed by atoms with Crippen LogP contribution in [0.25, 0.3) is 0 Å². The molecule has 1 amide bonds. The number of halogens is 2. The molecular formula is C15H17ClFN3O. The van der Waals surface area contributed by atoms with E-state index >= 15 is 0 Å². The number of carbonyl (C=O) groups is 1. The monoisotopic (exact) mass is 309 g/mol. The zero-order valence-electron chi connectivity index (χ0n) is 12.4. The van der Waals surface area contributed by atoms with Crippen LogP contribution in [-0.4, -0.2) is 15.7 Å². The van der Waals surface area contributed by atoms with Gasteiger partial charge in [-0.05, 0) is 45.9 Å². The van der Waals surface area contributed by atoms with Crippen molar-refractivity contribution in [3.8, 4) is 0 Å². The van der Waals surface area contributed by atoms with Crippen molar-refractivity contribution < 1.29 is 9.18 Å².